The lowest BCUT2D eigenvalue weighted by molar-refractivity contribution is -0.150. The Labute approximate surface area is 102 Å². The van der Waals surface area contributed by atoms with E-state index in [2.05, 4.69) is 6.58 Å². The van der Waals surface area contributed by atoms with E-state index in [4.69, 9.17) is 4.74 Å². The monoisotopic (exact) mass is 234 g/mol. The van der Waals surface area contributed by atoms with Gasteiger partial charge in [0.25, 0.3) is 0 Å². The van der Waals surface area contributed by atoms with E-state index in [0.29, 0.717) is 17.7 Å². The van der Waals surface area contributed by atoms with E-state index in [0.717, 1.165) is 0 Å². The summed E-state index contributed by atoms with van der Waals surface area (Å²) in [6.07, 6.45) is -0.909. The summed E-state index contributed by atoms with van der Waals surface area (Å²) in [7, 11) is 0. The Morgan fingerprint density at radius 2 is 2.00 bits per heavy atom. The van der Waals surface area contributed by atoms with E-state index >= 15 is 0 Å². The molecule has 1 rings (SSSR count). The maximum Gasteiger partial charge on any atom is 0.316 e. The Kier molecular flexibility index (Phi) is 4.91. The molecule has 0 aromatic heterocycles. The fraction of sp³-hybridized carbons (Fsp3) is 0.357. The molecule has 0 heterocycles. The minimum absolute atomic E-state index is 0.296. The highest BCUT2D eigenvalue weighted by Crippen LogP contribution is 2.28. The lowest BCUT2D eigenvalue weighted by Gasteiger charge is -2.21. The van der Waals surface area contributed by atoms with Gasteiger partial charge in [-0.25, -0.2) is 0 Å². The topological polar surface area (TPSA) is 46.5 Å². The van der Waals surface area contributed by atoms with Crippen molar-refractivity contribution in [2.75, 3.05) is 6.61 Å². The summed E-state index contributed by atoms with van der Waals surface area (Å²) < 4.78 is 4.95. The average molecular weight is 234 g/mol. The summed E-state index contributed by atoms with van der Waals surface area (Å²) in [6.45, 7) is 7.49. The van der Waals surface area contributed by atoms with Crippen molar-refractivity contribution in [1.29, 1.82) is 0 Å². The summed E-state index contributed by atoms with van der Waals surface area (Å²) in [5.41, 5.74) is 1.29. The zero-order chi connectivity index (χ0) is 12.8. The Hall–Kier alpha value is -1.61. The van der Waals surface area contributed by atoms with Crippen molar-refractivity contribution in [3.63, 3.8) is 0 Å². The summed E-state index contributed by atoms with van der Waals surface area (Å²) in [6, 6.07) is 9.05. The van der Waals surface area contributed by atoms with Crippen molar-refractivity contribution in [3.8, 4) is 0 Å². The zero-order valence-corrected chi connectivity index (χ0v) is 10.2. The van der Waals surface area contributed by atoms with Gasteiger partial charge in [0.1, 0.15) is 5.92 Å². The first-order valence-corrected chi connectivity index (χ1v) is 5.63. The first-order chi connectivity index (χ1) is 8.07. The molecule has 0 saturated carbocycles. The Morgan fingerprint density at radius 3 is 2.47 bits per heavy atom. The molecule has 0 saturated heterocycles. The standard InChI is InChI=1S/C14H18O3/c1-4-17-14(16)12(10(2)3)13(15)11-8-6-5-7-9-11/h5-9,12-13,15H,2,4H2,1,3H3/t12-,13-/m1/s1. The number of benzene rings is 1. The molecule has 0 unspecified atom stereocenters. The molecule has 0 aliphatic heterocycles. The number of rotatable bonds is 5. The number of carbonyl (C=O) groups excluding carboxylic acids is 1. The lowest BCUT2D eigenvalue weighted by atomic mass is 9.90. The highest BCUT2D eigenvalue weighted by molar-refractivity contribution is 5.76. The maximum absolute atomic E-state index is 11.8. The third-order valence-corrected chi connectivity index (χ3v) is 2.53. The van der Waals surface area contributed by atoms with Crippen LogP contribution >= 0.6 is 0 Å². The van der Waals surface area contributed by atoms with Crippen LogP contribution in [-0.4, -0.2) is 17.7 Å². The lowest BCUT2D eigenvalue weighted by Crippen LogP contribution is -2.25. The summed E-state index contributed by atoms with van der Waals surface area (Å²) in [5, 5.41) is 10.2. The van der Waals surface area contributed by atoms with Crippen LogP contribution in [0.1, 0.15) is 25.5 Å². The zero-order valence-electron chi connectivity index (χ0n) is 10.2. The number of hydrogen-bond donors (Lipinski definition) is 1. The van der Waals surface area contributed by atoms with Crippen LogP contribution in [0.25, 0.3) is 0 Å². The molecule has 0 amide bonds. The number of carbonyl (C=O) groups is 1. The van der Waals surface area contributed by atoms with Gasteiger partial charge < -0.3 is 9.84 Å². The molecule has 0 radical (unpaired) electrons. The smallest absolute Gasteiger partial charge is 0.316 e. The van der Waals surface area contributed by atoms with Gasteiger partial charge in [-0.15, -0.1) is 0 Å². The van der Waals surface area contributed by atoms with Crippen molar-refractivity contribution in [1.82, 2.24) is 0 Å². The first-order valence-electron chi connectivity index (χ1n) is 5.63. The SMILES string of the molecule is C=C(C)[C@@H](C(=O)OCC)[C@H](O)c1ccccc1. The summed E-state index contributed by atoms with van der Waals surface area (Å²) in [4.78, 5) is 11.8. The molecular formula is C14H18O3. The van der Waals surface area contributed by atoms with Gasteiger partial charge in [0.15, 0.2) is 0 Å². The van der Waals surface area contributed by atoms with E-state index < -0.39 is 18.0 Å². The highest BCUT2D eigenvalue weighted by atomic mass is 16.5. The maximum atomic E-state index is 11.8. The van der Waals surface area contributed by atoms with E-state index in [9.17, 15) is 9.90 Å². The second-order valence-corrected chi connectivity index (χ2v) is 3.93. The van der Waals surface area contributed by atoms with Gasteiger partial charge in [0.2, 0.25) is 0 Å². The van der Waals surface area contributed by atoms with Crippen molar-refractivity contribution in [2.45, 2.75) is 20.0 Å². The van der Waals surface area contributed by atoms with E-state index in [1.165, 1.54) is 0 Å². The molecular weight excluding hydrogens is 216 g/mol. The van der Waals surface area contributed by atoms with Crippen LogP contribution < -0.4 is 0 Å². The minimum Gasteiger partial charge on any atom is -0.465 e. The van der Waals surface area contributed by atoms with Crippen LogP contribution in [0.4, 0.5) is 0 Å². The molecule has 92 valence electrons. The minimum atomic E-state index is -0.909. The molecule has 0 spiro atoms. The van der Waals surface area contributed by atoms with Crippen molar-refractivity contribution in [3.05, 3.63) is 48.0 Å². The highest BCUT2D eigenvalue weighted by Gasteiger charge is 2.29. The van der Waals surface area contributed by atoms with E-state index in [1.807, 2.05) is 18.2 Å². The molecule has 0 aliphatic carbocycles. The molecule has 0 bridgehead atoms. The van der Waals surface area contributed by atoms with Crippen LogP contribution in [-0.2, 0) is 9.53 Å². The van der Waals surface area contributed by atoms with Crippen LogP contribution in [0.15, 0.2) is 42.5 Å². The summed E-state index contributed by atoms with van der Waals surface area (Å²) >= 11 is 0. The van der Waals surface area contributed by atoms with Crippen molar-refractivity contribution < 1.29 is 14.6 Å². The predicted octanol–water partition coefficient (Wildman–Crippen LogP) is 2.48. The van der Waals surface area contributed by atoms with Crippen LogP contribution in [0, 0.1) is 5.92 Å². The van der Waals surface area contributed by atoms with Crippen LogP contribution in [0.2, 0.25) is 0 Å². The fourth-order valence-corrected chi connectivity index (χ4v) is 1.67. The average Bonchev–Trinajstić information content (AvgIpc) is 2.30. The van der Waals surface area contributed by atoms with Crippen molar-refractivity contribution in [2.24, 2.45) is 5.92 Å². The molecule has 1 aromatic carbocycles. The normalized spacial score (nSPS) is 13.8. The number of ether oxygens (including phenoxy) is 1. The predicted molar refractivity (Wildman–Crippen MR) is 66.3 cm³/mol. The number of aliphatic hydroxyl groups is 1. The third kappa shape index (κ3) is 3.43. The quantitative estimate of drug-likeness (QED) is 0.629. The largest absolute Gasteiger partial charge is 0.465 e. The number of aliphatic hydroxyl groups excluding tert-OH is 1. The van der Waals surface area contributed by atoms with E-state index in [1.54, 1.807) is 26.0 Å². The Bertz CT molecular complexity index is 384. The molecule has 0 fully saturated rings. The van der Waals surface area contributed by atoms with Crippen molar-refractivity contribution >= 4 is 5.97 Å². The Balaban J connectivity index is 2.92. The second-order valence-electron chi connectivity index (χ2n) is 3.93. The van der Waals surface area contributed by atoms with Crippen LogP contribution in [0.5, 0.6) is 0 Å². The first kappa shape index (κ1) is 13.5. The van der Waals surface area contributed by atoms with Gasteiger partial charge in [-0.1, -0.05) is 42.5 Å². The molecule has 1 aromatic rings. The molecule has 17 heavy (non-hydrogen) atoms. The molecule has 3 nitrogen and oxygen atoms in total. The fourth-order valence-electron chi connectivity index (χ4n) is 1.67. The number of esters is 1. The third-order valence-electron chi connectivity index (χ3n) is 2.53. The molecule has 3 heteroatoms. The van der Waals surface area contributed by atoms with E-state index in [-0.39, 0.29) is 0 Å². The van der Waals surface area contributed by atoms with Gasteiger partial charge in [-0.05, 0) is 19.4 Å². The van der Waals surface area contributed by atoms with Gasteiger partial charge in [-0.2, -0.15) is 0 Å². The molecule has 2 atom stereocenters. The van der Waals surface area contributed by atoms with Gasteiger partial charge in [-0.3, -0.25) is 4.79 Å². The van der Waals surface area contributed by atoms with Gasteiger partial charge in [0, 0.05) is 0 Å². The number of hydrogen-bond acceptors (Lipinski definition) is 3. The van der Waals surface area contributed by atoms with Gasteiger partial charge in [0.05, 0.1) is 12.7 Å². The van der Waals surface area contributed by atoms with Crippen LogP contribution in [0.3, 0.4) is 0 Å². The molecule has 1 N–H and O–H groups in total. The Morgan fingerprint density at radius 1 is 1.41 bits per heavy atom. The van der Waals surface area contributed by atoms with Gasteiger partial charge >= 0.3 is 5.97 Å². The molecule has 0 aliphatic rings. The summed E-state index contributed by atoms with van der Waals surface area (Å²) in [5.74, 6) is -1.14. The second kappa shape index (κ2) is 6.21.